The molecule has 1 atom stereocenters. The van der Waals surface area contributed by atoms with Gasteiger partial charge in [-0.05, 0) is 6.26 Å². The molecule has 56 valence electrons. The minimum absolute atomic E-state index is 0.459. The normalized spacial score (nSPS) is 15.4. The fraction of sp³-hybridized carbons (Fsp3) is 1.00. The first-order valence-electron chi connectivity index (χ1n) is 2.30. The summed E-state index contributed by atoms with van der Waals surface area (Å²) in [6.45, 7) is 0. The van der Waals surface area contributed by atoms with Crippen molar-refractivity contribution in [2.75, 3.05) is 18.3 Å². The summed E-state index contributed by atoms with van der Waals surface area (Å²) >= 11 is 6.87. The molecule has 0 aliphatic carbocycles. The quantitative estimate of drug-likeness (QED) is 0.619. The summed E-state index contributed by atoms with van der Waals surface area (Å²) in [5.41, 5.74) is 0. The van der Waals surface area contributed by atoms with E-state index in [4.69, 9.17) is 11.6 Å². The van der Waals surface area contributed by atoms with Crippen molar-refractivity contribution in [2.24, 2.45) is 0 Å². The SMILES string of the molecule is CSCC(Cl)S(C)(=O)=O. The van der Waals surface area contributed by atoms with Gasteiger partial charge in [0.2, 0.25) is 0 Å². The van der Waals surface area contributed by atoms with Crippen LogP contribution in [0, 0.1) is 0 Å². The highest BCUT2D eigenvalue weighted by Gasteiger charge is 2.15. The highest BCUT2D eigenvalue weighted by molar-refractivity contribution is 8.00. The molecule has 0 fully saturated rings. The van der Waals surface area contributed by atoms with Crippen LogP contribution in [-0.4, -0.2) is 31.4 Å². The first-order valence-corrected chi connectivity index (χ1v) is 6.09. The maximum absolute atomic E-state index is 10.6. The van der Waals surface area contributed by atoms with Crippen LogP contribution in [0.1, 0.15) is 0 Å². The van der Waals surface area contributed by atoms with Crippen molar-refractivity contribution in [1.29, 1.82) is 0 Å². The van der Waals surface area contributed by atoms with Gasteiger partial charge in [0.05, 0.1) is 0 Å². The Morgan fingerprint density at radius 1 is 1.67 bits per heavy atom. The molecule has 0 aromatic heterocycles. The van der Waals surface area contributed by atoms with Crippen LogP contribution in [0.15, 0.2) is 0 Å². The molecule has 0 N–H and O–H groups in total. The average molecular weight is 189 g/mol. The lowest BCUT2D eigenvalue weighted by Crippen LogP contribution is -2.15. The highest BCUT2D eigenvalue weighted by atomic mass is 35.5. The van der Waals surface area contributed by atoms with E-state index in [1.165, 1.54) is 11.8 Å². The van der Waals surface area contributed by atoms with E-state index < -0.39 is 14.5 Å². The summed E-state index contributed by atoms with van der Waals surface area (Å²) < 4.78 is 20.4. The van der Waals surface area contributed by atoms with Gasteiger partial charge in [-0.1, -0.05) is 0 Å². The van der Waals surface area contributed by atoms with Gasteiger partial charge in [0.15, 0.2) is 9.84 Å². The molecule has 2 nitrogen and oxygen atoms in total. The zero-order valence-corrected chi connectivity index (χ0v) is 7.68. The number of hydrogen-bond donors (Lipinski definition) is 0. The fourth-order valence-electron chi connectivity index (χ4n) is 0.255. The largest absolute Gasteiger partial charge is 0.228 e. The smallest absolute Gasteiger partial charge is 0.165 e. The van der Waals surface area contributed by atoms with Crippen LogP contribution < -0.4 is 0 Å². The van der Waals surface area contributed by atoms with Crippen LogP contribution in [0.5, 0.6) is 0 Å². The summed E-state index contributed by atoms with van der Waals surface area (Å²) in [4.78, 5) is 0. The van der Waals surface area contributed by atoms with Crippen molar-refractivity contribution in [3.8, 4) is 0 Å². The van der Waals surface area contributed by atoms with Gasteiger partial charge >= 0.3 is 0 Å². The van der Waals surface area contributed by atoms with Crippen LogP contribution in [0.4, 0.5) is 0 Å². The van der Waals surface area contributed by atoms with Crippen molar-refractivity contribution in [1.82, 2.24) is 0 Å². The molecule has 9 heavy (non-hydrogen) atoms. The molecule has 0 radical (unpaired) electrons. The highest BCUT2D eigenvalue weighted by Crippen LogP contribution is 2.09. The molecule has 0 aromatic rings. The molecule has 0 aliphatic heterocycles. The van der Waals surface area contributed by atoms with Gasteiger partial charge in [0.1, 0.15) is 4.71 Å². The maximum Gasteiger partial charge on any atom is 0.165 e. The van der Waals surface area contributed by atoms with Crippen molar-refractivity contribution >= 4 is 33.2 Å². The first kappa shape index (κ1) is 9.59. The van der Waals surface area contributed by atoms with Gasteiger partial charge < -0.3 is 0 Å². The Labute approximate surface area is 64.9 Å². The summed E-state index contributed by atoms with van der Waals surface area (Å²) in [7, 11) is -3.02. The third kappa shape index (κ3) is 4.06. The molecule has 1 unspecified atom stereocenters. The standard InChI is InChI=1S/C4H9ClO2S2/c1-8-3-4(5)9(2,6)7/h4H,3H2,1-2H3. The summed E-state index contributed by atoms with van der Waals surface area (Å²) in [6.07, 6.45) is 2.96. The lowest BCUT2D eigenvalue weighted by molar-refractivity contribution is 0.600. The zero-order valence-electron chi connectivity index (χ0n) is 5.30. The Bertz CT molecular complexity index is 163. The number of alkyl halides is 1. The molecule has 0 rings (SSSR count). The molecule has 0 saturated carbocycles. The number of halogens is 1. The zero-order chi connectivity index (χ0) is 7.49. The van der Waals surface area contributed by atoms with E-state index >= 15 is 0 Å². The van der Waals surface area contributed by atoms with Gasteiger partial charge in [-0.3, -0.25) is 0 Å². The molecule has 5 heteroatoms. The monoisotopic (exact) mass is 188 g/mol. The van der Waals surface area contributed by atoms with E-state index in [0.29, 0.717) is 5.75 Å². The number of hydrogen-bond acceptors (Lipinski definition) is 3. The summed E-state index contributed by atoms with van der Waals surface area (Å²) in [5.74, 6) is 0.459. The third-order valence-electron chi connectivity index (χ3n) is 0.762. The van der Waals surface area contributed by atoms with Crippen LogP contribution >= 0.6 is 23.4 Å². The Kier molecular flexibility index (Phi) is 3.93. The first-order chi connectivity index (χ1) is 3.98. The molecule has 0 spiro atoms. The van der Waals surface area contributed by atoms with E-state index in [1.54, 1.807) is 0 Å². The fourth-order valence-corrected chi connectivity index (χ4v) is 2.29. The van der Waals surface area contributed by atoms with Crippen LogP contribution in [-0.2, 0) is 9.84 Å². The third-order valence-corrected chi connectivity index (χ3v) is 4.04. The van der Waals surface area contributed by atoms with Crippen LogP contribution in [0.2, 0.25) is 0 Å². The number of sulfone groups is 1. The summed E-state index contributed by atoms with van der Waals surface area (Å²) in [6, 6.07) is 0. The molecule has 0 amide bonds. The predicted molar refractivity (Wildman–Crippen MR) is 42.9 cm³/mol. The molecule has 0 aliphatic rings. The lowest BCUT2D eigenvalue weighted by atomic mass is 10.9. The van der Waals surface area contributed by atoms with E-state index in [0.717, 1.165) is 6.26 Å². The predicted octanol–water partition coefficient (Wildman–Crippen LogP) is 0.959. The molecule has 0 heterocycles. The minimum atomic E-state index is -3.02. The molecule has 0 bridgehead atoms. The van der Waals surface area contributed by atoms with Crippen molar-refractivity contribution < 1.29 is 8.42 Å². The second-order valence-corrected chi connectivity index (χ2v) is 5.62. The summed E-state index contributed by atoms with van der Waals surface area (Å²) in [5, 5.41) is 0. The maximum atomic E-state index is 10.6. The van der Waals surface area contributed by atoms with Crippen LogP contribution in [0.25, 0.3) is 0 Å². The topological polar surface area (TPSA) is 34.1 Å². The van der Waals surface area contributed by atoms with Crippen molar-refractivity contribution in [3.05, 3.63) is 0 Å². The number of rotatable bonds is 3. The van der Waals surface area contributed by atoms with Crippen molar-refractivity contribution in [3.63, 3.8) is 0 Å². The van der Waals surface area contributed by atoms with Gasteiger partial charge in [0.25, 0.3) is 0 Å². The van der Waals surface area contributed by atoms with E-state index in [2.05, 4.69) is 0 Å². The lowest BCUT2D eigenvalue weighted by Gasteiger charge is -2.02. The molecule has 0 aromatic carbocycles. The van der Waals surface area contributed by atoms with Gasteiger partial charge in [-0.25, -0.2) is 8.42 Å². The van der Waals surface area contributed by atoms with Gasteiger partial charge in [-0.2, -0.15) is 11.8 Å². The molecular weight excluding hydrogens is 180 g/mol. The second-order valence-electron chi connectivity index (χ2n) is 1.69. The van der Waals surface area contributed by atoms with Crippen LogP contribution in [0.3, 0.4) is 0 Å². The minimum Gasteiger partial charge on any atom is -0.228 e. The van der Waals surface area contributed by atoms with E-state index in [1.807, 2.05) is 6.26 Å². The Balaban J connectivity index is 3.90. The Morgan fingerprint density at radius 3 is 2.22 bits per heavy atom. The average Bonchev–Trinajstić information content (AvgIpc) is 1.64. The Morgan fingerprint density at radius 2 is 2.11 bits per heavy atom. The molecule has 0 saturated heterocycles. The molecular formula is C4H9ClO2S2. The van der Waals surface area contributed by atoms with E-state index in [9.17, 15) is 8.42 Å². The number of thioether (sulfide) groups is 1. The Hall–Kier alpha value is 0.590. The van der Waals surface area contributed by atoms with Gasteiger partial charge in [-0.15, -0.1) is 11.6 Å². The van der Waals surface area contributed by atoms with E-state index in [-0.39, 0.29) is 0 Å². The van der Waals surface area contributed by atoms with Gasteiger partial charge in [0, 0.05) is 12.0 Å². The van der Waals surface area contributed by atoms with Crippen molar-refractivity contribution in [2.45, 2.75) is 4.71 Å². The second kappa shape index (κ2) is 3.68.